The lowest BCUT2D eigenvalue weighted by Gasteiger charge is -2.19. The van der Waals surface area contributed by atoms with Gasteiger partial charge in [0.15, 0.2) is 0 Å². The van der Waals surface area contributed by atoms with Crippen molar-refractivity contribution < 1.29 is 14.3 Å². The number of rotatable bonds is 5. The quantitative estimate of drug-likeness (QED) is 0.755. The molecule has 1 fully saturated rings. The molecule has 20 heavy (non-hydrogen) atoms. The number of hydrogen-bond donors (Lipinski definition) is 3. The lowest BCUT2D eigenvalue weighted by Crippen LogP contribution is -2.47. The van der Waals surface area contributed by atoms with Crippen molar-refractivity contribution in [2.24, 2.45) is 0 Å². The SMILES string of the molecule is Cl.O=C(NCC(O)Cc1ccccc1)C1(F)CCNC1. The number of alkyl halides is 1. The molecule has 0 spiro atoms. The van der Waals surface area contributed by atoms with Gasteiger partial charge in [-0.3, -0.25) is 4.79 Å². The molecule has 4 nitrogen and oxygen atoms in total. The summed E-state index contributed by atoms with van der Waals surface area (Å²) in [5.74, 6) is -0.635. The molecule has 2 unspecified atom stereocenters. The summed E-state index contributed by atoms with van der Waals surface area (Å²) in [4.78, 5) is 11.7. The molecule has 1 heterocycles. The van der Waals surface area contributed by atoms with Crippen molar-refractivity contribution in [3.8, 4) is 0 Å². The summed E-state index contributed by atoms with van der Waals surface area (Å²) < 4.78 is 14.0. The normalized spacial score (nSPS) is 22.9. The number of hydrogen-bond acceptors (Lipinski definition) is 3. The zero-order valence-corrected chi connectivity index (χ0v) is 12.0. The third-order valence-corrected chi connectivity index (χ3v) is 3.32. The summed E-state index contributed by atoms with van der Waals surface area (Å²) in [7, 11) is 0. The maximum Gasteiger partial charge on any atom is 0.259 e. The Morgan fingerprint density at radius 1 is 1.45 bits per heavy atom. The Hall–Kier alpha value is -1.17. The molecule has 1 amide bonds. The van der Waals surface area contributed by atoms with E-state index in [0.29, 0.717) is 13.0 Å². The molecule has 1 aromatic carbocycles. The number of carbonyl (C=O) groups is 1. The van der Waals surface area contributed by atoms with Gasteiger partial charge in [0.2, 0.25) is 5.67 Å². The molecule has 2 rings (SSSR count). The predicted octanol–water partition coefficient (Wildman–Crippen LogP) is 0.830. The standard InChI is InChI=1S/C14H19FN2O2.ClH/c15-14(6-7-16-10-14)13(19)17-9-12(18)8-11-4-2-1-3-5-11;/h1-5,12,16,18H,6-10H2,(H,17,19);1H. The number of aliphatic hydroxyl groups is 1. The minimum absolute atomic E-state index is 0. The van der Waals surface area contributed by atoms with Crippen molar-refractivity contribution in [3.63, 3.8) is 0 Å². The van der Waals surface area contributed by atoms with Crippen molar-refractivity contribution in [1.82, 2.24) is 10.6 Å². The lowest BCUT2D eigenvalue weighted by molar-refractivity contribution is -0.132. The van der Waals surface area contributed by atoms with E-state index in [4.69, 9.17) is 0 Å². The van der Waals surface area contributed by atoms with Crippen LogP contribution in [0.5, 0.6) is 0 Å². The number of nitrogens with one attached hydrogen (secondary N) is 2. The number of benzene rings is 1. The van der Waals surface area contributed by atoms with E-state index in [1.807, 2.05) is 30.3 Å². The average Bonchev–Trinajstić information content (AvgIpc) is 2.85. The van der Waals surface area contributed by atoms with E-state index in [1.54, 1.807) is 0 Å². The van der Waals surface area contributed by atoms with Crippen LogP contribution >= 0.6 is 12.4 Å². The Labute approximate surface area is 124 Å². The number of aliphatic hydroxyl groups excluding tert-OH is 1. The smallest absolute Gasteiger partial charge is 0.259 e. The fourth-order valence-electron chi connectivity index (χ4n) is 2.18. The maximum atomic E-state index is 14.0. The van der Waals surface area contributed by atoms with Crippen LogP contribution in [0.15, 0.2) is 30.3 Å². The van der Waals surface area contributed by atoms with Crippen LogP contribution in [-0.4, -0.2) is 42.4 Å². The minimum atomic E-state index is -1.83. The Balaban J connectivity index is 0.00000200. The van der Waals surface area contributed by atoms with Crippen molar-refractivity contribution in [2.45, 2.75) is 24.6 Å². The van der Waals surface area contributed by atoms with E-state index < -0.39 is 17.7 Å². The van der Waals surface area contributed by atoms with Gasteiger partial charge < -0.3 is 15.7 Å². The third kappa shape index (κ3) is 4.44. The van der Waals surface area contributed by atoms with Crippen molar-refractivity contribution >= 4 is 18.3 Å². The van der Waals surface area contributed by atoms with Crippen LogP contribution in [0.25, 0.3) is 0 Å². The molecule has 2 atom stereocenters. The first-order chi connectivity index (χ1) is 9.10. The Kier molecular flexibility index (Phi) is 6.39. The largest absolute Gasteiger partial charge is 0.391 e. The van der Waals surface area contributed by atoms with Gasteiger partial charge in [0, 0.05) is 25.9 Å². The van der Waals surface area contributed by atoms with Gasteiger partial charge in [-0.2, -0.15) is 0 Å². The van der Waals surface area contributed by atoms with E-state index in [2.05, 4.69) is 10.6 Å². The van der Waals surface area contributed by atoms with E-state index in [0.717, 1.165) is 5.56 Å². The molecule has 1 aliphatic rings. The summed E-state index contributed by atoms with van der Waals surface area (Å²) >= 11 is 0. The van der Waals surface area contributed by atoms with Crippen molar-refractivity contribution in [2.75, 3.05) is 19.6 Å². The van der Waals surface area contributed by atoms with Crippen LogP contribution in [0.2, 0.25) is 0 Å². The first kappa shape index (κ1) is 16.9. The van der Waals surface area contributed by atoms with Crippen LogP contribution in [-0.2, 0) is 11.2 Å². The summed E-state index contributed by atoms with van der Waals surface area (Å²) in [5, 5.41) is 15.1. The van der Waals surface area contributed by atoms with E-state index in [-0.39, 0.29) is 31.9 Å². The molecule has 0 saturated carbocycles. The van der Waals surface area contributed by atoms with E-state index in [1.165, 1.54) is 0 Å². The highest BCUT2D eigenvalue weighted by molar-refractivity contribution is 5.86. The van der Waals surface area contributed by atoms with Crippen LogP contribution in [0.3, 0.4) is 0 Å². The first-order valence-electron chi connectivity index (χ1n) is 6.50. The average molecular weight is 303 g/mol. The van der Waals surface area contributed by atoms with Gasteiger partial charge in [0.25, 0.3) is 5.91 Å². The molecule has 0 aliphatic carbocycles. The highest BCUT2D eigenvalue weighted by Crippen LogP contribution is 2.19. The second kappa shape index (κ2) is 7.57. The monoisotopic (exact) mass is 302 g/mol. The molecule has 0 radical (unpaired) electrons. The van der Waals surface area contributed by atoms with Crippen LogP contribution in [0, 0.1) is 0 Å². The molecule has 3 N–H and O–H groups in total. The molecule has 112 valence electrons. The predicted molar refractivity (Wildman–Crippen MR) is 77.7 cm³/mol. The second-order valence-corrected chi connectivity index (χ2v) is 4.95. The van der Waals surface area contributed by atoms with Crippen molar-refractivity contribution in [3.05, 3.63) is 35.9 Å². The zero-order chi connectivity index (χ0) is 13.7. The van der Waals surface area contributed by atoms with Gasteiger partial charge in [0.1, 0.15) is 0 Å². The Morgan fingerprint density at radius 2 is 2.15 bits per heavy atom. The number of halogens is 2. The van der Waals surface area contributed by atoms with E-state index in [9.17, 15) is 14.3 Å². The van der Waals surface area contributed by atoms with Gasteiger partial charge in [-0.1, -0.05) is 30.3 Å². The highest BCUT2D eigenvalue weighted by Gasteiger charge is 2.41. The molecule has 1 aliphatic heterocycles. The van der Waals surface area contributed by atoms with Gasteiger partial charge in [-0.25, -0.2) is 4.39 Å². The Morgan fingerprint density at radius 3 is 2.75 bits per heavy atom. The molecule has 1 aromatic rings. The first-order valence-corrected chi connectivity index (χ1v) is 6.50. The fraction of sp³-hybridized carbons (Fsp3) is 0.500. The topological polar surface area (TPSA) is 61.4 Å². The summed E-state index contributed by atoms with van der Waals surface area (Å²) in [6, 6.07) is 9.49. The van der Waals surface area contributed by atoms with Crippen LogP contribution in [0.4, 0.5) is 4.39 Å². The highest BCUT2D eigenvalue weighted by atomic mass is 35.5. The molecule has 0 aromatic heterocycles. The zero-order valence-electron chi connectivity index (χ0n) is 11.1. The summed E-state index contributed by atoms with van der Waals surface area (Å²) in [6.07, 6.45) is -0.0731. The van der Waals surface area contributed by atoms with Crippen LogP contribution < -0.4 is 10.6 Å². The van der Waals surface area contributed by atoms with Gasteiger partial charge in [0.05, 0.1) is 6.10 Å². The molecule has 0 bridgehead atoms. The molecule has 6 heteroatoms. The minimum Gasteiger partial charge on any atom is -0.391 e. The van der Waals surface area contributed by atoms with Gasteiger partial charge >= 0.3 is 0 Å². The fourth-order valence-corrected chi connectivity index (χ4v) is 2.18. The molecule has 1 saturated heterocycles. The van der Waals surface area contributed by atoms with Crippen LogP contribution in [0.1, 0.15) is 12.0 Å². The third-order valence-electron chi connectivity index (χ3n) is 3.32. The van der Waals surface area contributed by atoms with Gasteiger partial charge in [-0.05, 0) is 12.1 Å². The Bertz CT molecular complexity index is 424. The molecular formula is C14H20ClFN2O2. The van der Waals surface area contributed by atoms with Crippen molar-refractivity contribution in [1.29, 1.82) is 0 Å². The van der Waals surface area contributed by atoms with E-state index >= 15 is 0 Å². The number of amides is 1. The van der Waals surface area contributed by atoms with Gasteiger partial charge in [-0.15, -0.1) is 12.4 Å². The second-order valence-electron chi connectivity index (χ2n) is 4.95. The maximum absolute atomic E-state index is 14.0. The summed E-state index contributed by atoms with van der Waals surface area (Å²) in [6.45, 7) is 0.628. The summed E-state index contributed by atoms with van der Waals surface area (Å²) in [5.41, 5.74) is -0.839. The lowest BCUT2D eigenvalue weighted by atomic mass is 10.0. The molecular weight excluding hydrogens is 283 g/mol. The number of carbonyl (C=O) groups excluding carboxylic acids is 1.